The van der Waals surface area contributed by atoms with Crippen molar-refractivity contribution in [1.29, 1.82) is 0 Å². The molecule has 0 saturated carbocycles. The lowest BCUT2D eigenvalue weighted by atomic mass is 10.0. The fraction of sp³-hybridized carbons (Fsp3) is 0. The van der Waals surface area contributed by atoms with Gasteiger partial charge in [0, 0.05) is 38.3 Å². The van der Waals surface area contributed by atoms with Crippen molar-refractivity contribution >= 4 is 43.6 Å². The van der Waals surface area contributed by atoms with Crippen molar-refractivity contribution in [3.05, 3.63) is 172 Å². The molecule has 0 bridgehead atoms. The van der Waals surface area contributed by atoms with E-state index in [4.69, 9.17) is 0 Å². The molecular formula is C38H26N2O2. The van der Waals surface area contributed by atoms with Crippen LogP contribution in [0.15, 0.2) is 161 Å². The van der Waals surface area contributed by atoms with E-state index in [0.717, 1.165) is 49.3 Å². The average Bonchev–Trinajstić information content (AvgIpc) is 3.06. The number of nitrogens with zero attached hydrogens (tertiary/aromatic N) is 1. The van der Waals surface area contributed by atoms with E-state index in [9.17, 15) is 9.59 Å². The van der Waals surface area contributed by atoms with E-state index in [1.54, 1.807) is 0 Å². The van der Waals surface area contributed by atoms with Crippen LogP contribution in [-0.4, -0.2) is 9.55 Å². The quantitative estimate of drug-likeness (QED) is 0.223. The van der Waals surface area contributed by atoms with Gasteiger partial charge in [0.2, 0.25) is 0 Å². The highest BCUT2D eigenvalue weighted by Crippen LogP contribution is 2.26. The van der Waals surface area contributed by atoms with E-state index in [1.807, 2.05) is 115 Å². The van der Waals surface area contributed by atoms with Gasteiger partial charge in [-0.05, 0) is 71.8 Å². The molecule has 0 aliphatic carbocycles. The highest BCUT2D eigenvalue weighted by molar-refractivity contribution is 5.95. The van der Waals surface area contributed by atoms with Gasteiger partial charge in [-0.3, -0.25) is 9.59 Å². The molecule has 42 heavy (non-hydrogen) atoms. The van der Waals surface area contributed by atoms with Gasteiger partial charge in [0.25, 0.3) is 0 Å². The molecule has 0 amide bonds. The lowest BCUT2D eigenvalue weighted by Crippen LogP contribution is -2.10. The Hall–Kier alpha value is -5.74. The predicted octanol–water partition coefficient (Wildman–Crippen LogP) is 8.49. The number of aromatic nitrogens is 2. The third-order valence-electron chi connectivity index (χ3n) is 7.62. The summed E-state index contributed by atoms with van der Waals surface area (Å²) in [4.78, 5) is 28.2. The van der Waals surface area contributed by atoms with E-state index < -0.39 is 0 Å². The summed E-state index contributed by atoms with van der Waals surface area (Å²) in [5.74, 6) is 0. The molecule has 0 atom stereocenters. The maximum Gasteiger partial charge on any atom is 0.197 e. The molecule has 200 valence electrons. The van der Waals surface area contributed by atoms with E-state index in [0.29, 0.717) is 0 Å². The first kappa shape index (κ1) is 25.2. The number of fused-ring (bicyclic) bond motifs is 4. The summed E-state index contributed by atoms with van der Waals surface area (Å²) in [6, 6.07) is 49.6. The number of nitrogens with one attached hydrogen (secondary N) is 1. The maximum absolute atomic E-state index is 12.9. The largest absolute Gasteiger partial charge is 0.354 e. The van der Waals surface area contributed by atoms with E-state index in [-0.39, 0.29) is 10.9 Å². The smallest absolute Gasteiger partial charge is 0.197 e. The van der Waals surface area contributed by atoms with Gasteiger partial charge < -0.3 is 9.55 Å². The van der Waals surface area contributed by atoms with Crippen LogP contribution in [0, 0.1) is 0 Å². The summed E-state index contributed by atoms with van der Waals surface area (Å²) < 4.78 is 2.17. The van der Waals surface area contributed by atoms with Crippen LogP contribution in [0.3, 0.4) is 0 Å². The molecule has 1 N–H and O–H groups in total. The van der Waals surface area contributed by atoms with Crippen molar-refractivity contribution in [1.82, 2.24) is 9.55 Å². The van der Waals surface area contributed by atoms with Crippen LogP contribution in [0.1, 0.15) is 0 Å². The van der Waals surface area contributed by atoms with Crippen molar-refractivity contribution in [3.63, 3.8) is 0 Å². The molecule has 8 rings (SSSR count). The summed E-state index contributed by atoms with van der Waals surface area (Å²) in [6.07, 6.45) is 0. The molecule has 6 aromatic carbocycles. The summed E-state index contributed by atoms with van der Waals surface area (Å²) in [7, 11) is 0. The summed E-state index contributed by atoms with van der Waals surface area (Å²) >= 11 is 0. The normalized spacial score (nSPS) is 11.0. The first-order valence-corrected chi connectivity index (χ1v) is 13.9. The fourth-order valence-corrected chi connectivity index (χ4v) is 5.58. The van der Waals surface area contributed by atoms with Crippen molar-refractivity contribution in [2.45, 2.75) is 0 Å². The fourth-order valence-electron chi connectivity index (χ4n) is 5.58. The average molecular weight is 543 g/mol. The minimum absolute atomic E-state index is 0.0818. The standard InChI is InChI=1S/C25H17NO.C13H9NO/c27-25-21-10-4-6-12-23(21)26(24-13-7-5-11-22(24)25)20-16-14-19(15-17-20)18-8-2-1-3-9-18;15-13-9-5-1-3-7-11(9)14-12-8-4-2-6-10(12)13/h1-17H;1-8H,(H,14,15). The van der Waals surface area contributed by atoms with Crippen LogP contribution < -0.4 is 10.9 Å². The van der Waals surface area contributed by atoms with Gasteiger partial charge >= 0.3 is 0 Å². The van der Waals surface area contributed by atoms with Crippen LogP contribution in [0.5, 0.6) is 0 Å². The molecule has 4 nitrogen and oxygen atoms in total. The zero-order chi connectivity index (χ0) is 28.5. The minimum atomic E-state index is 0.0818. The van der Waals surface area contributed by atoms with Gasteiger partial charge in [0.05, 0.1) is 11.0 Å². The third-order valence-corrected chi connectivity index (χ3v) is 7.62. The zero-order valence-electron chi connectivity index (χ0n) is 22.7. The molecule has 0 radical (unpaired) electrons. The van der Waals surface area contributed by atoms with Gasteiger partial charge in [-0.25, -0.2) is 0 Å². The molecule has 2 heterocycles. The van der Waals surface area contributed by atoms with Gasteiger partial charge in [-0.2, -0.15) is 0 Å². The Morgan fingerprint density at radius 1 is 0.381 bits per heavy atom. The second-order valence-corrected chi connectivity index (χ2v) is 10.2. The van der Waals surface area contributed by atoms with Gasteiger partial charge in [-0.1, -0.05) is 91.0 Å². The molecule has 0 aliphatic heterocycles. The van der Waals surface area contributed by atoms with Crippen LogP contribution in [-0.2, 0) is 0 Å². The topological polar surface area (TPSA) is 54.9 Å². The Morgan fingerprint density at radius 2 is 0.786 bits per heavy atom. The summed E-state index contributed by atoms with van der Waals surface area (Å²) in [5.41, 5.74) is 7.22. The molecule has 0 spiro atoms. The minimum Gasteiger partial charge on any atom is -0.354 e. The number of pyridine rings is 2. The Labute approximate surface area is 241 Å². The lowest BCUT2D eigenvalue weighted by molar-refractivity contribution is 1.16. The number of benzene rings is 6. The van der Waals surface area contributed by atoms with Crippen LogP contribution in [0.2, 0.25) is 0 Å². The molecule has 0 unspecified atom stereocenters. The van der Waals surface area contributed by atoms with Crippen LogP contribution in [0.4, 0.5) is 0 Å². The number of aromatic amines is 1. The van der Waals surface area contributed by atoms with E-state index >= 15 is 0 Å². The summed E-state index contributed by atoms with van der Waals surface area (Å²) in [5, 5.41) is 2.97. The molecular weight excluding hydrogens is 516 g/mol. The van der Waals surface area contributed by atoms with Crippen molar-refractivity contribution in [3.8, 4) is 16.8 Å². The Morgan fingerprint density at radius 3 is 1.33 bits per heavy atom. The molecule has 8 aromatic rings. The Kier molecular flexibility index (Phi) is 6.42. The van der Waals surface area contributed by atoms with Crippen LogP contribution in [0.25, 0.3) is 60.4 Å². The second kappa shape index (κ2) is 10.7. The van der Waals surface area contributed by atoms with Crippen molar-refractivity contribution in [2.24, 2.45) is 0 Å². The van der Waals surface area contributed by atoms with Gasteiger partial charge in [-0.15, -0.1) is 0 Å². The SMILES string of the molecule is O=c1c2ccccc2[nH]c2ccccc12.O=c1c2ccccc2n(-c2ccc(-c3ccccc3)cc2)c2ccccc12. The first-order valence-electron chi connectivity index (χ1n) is 13.9. The molecule has 0 aliphatic rings. The number of hydrogen-bond acceptors (Lipinski definition) is 2. The van der Waals surface area contributed by atoms with Crippen molar-refractivity contribution in [2.75, 3.05) is 0 Å². The highest BCUT2D eigenvalue weighted by atomic mass is 16.1. The molecule has 0 fully saturated rings. The molecule has 4 heteroatoms. The maximum atomic E-state index is 12.9. The van der Waals surface area contributed by atoms with Gasteiger partial charge in [0.15, 0.2) is 10.9 Å². The second-order valence-electron chi connectivity index (χ2n) is 10.2. The molecule has 0 saturated heterocycles. The third kappa shape index (κ3) is 4.45. The lowest BCUT2D eigenvalue weighted by Gasteiger charge is -2.15. The Bertz CT molecular complexity index is 2220. The highest BCUT2D eigenvalue weighted by Gasteiger charge is 2.11. The van der Waals surface area contributed by atoms with E-state index in [1.165, 1.54) is 11.1 Å². The molecule has 2 aromatic heterocycles. The number of H-pyrrole nitrogens is 1. The zero-order valence-corrected chi connectivity index (χ0v) is 22.7. The Balaban J connectivity index is 0.000000162. The number of rotatable bonds is 2. The predicted molar refractivity (Wildman–Crippen MR) is 175 cm³/mol. The number of hydrogen-bond donors (Lipinski definition) is 1. The summed E-state index contributed by atoms with van der Waals surface area (Å²) in [6.45, 7) is 0. The first-order chi connectivity index (χ1) is 20.7. The van der Waals surface area contributed by atoms with Crippen molar-refractivity contribution < 1.29 is 0 Å². The van der Waals surface area contributed by atoms with Gasteiger partial charge in [0.1, 0.15) is 0 Å². The number of para-hydroxylation sites is 4. The van der Waals surface area contributed by atoms with E-state index in [2.05, 4.69) is 45.9 Å². The monoisotopic (exact) mass is 542 g/mol. The van der Waals surface area contributed by atoms with Crippen LogP contribution >= 0.6 is 0 Å².